The van der Waals surface area contributed by atoms with Crippen LogP contribution in [0.5, 0.6) is 5.75 Å². The first kappa shape index (κ1) is 25.4. The summed E-state index contributed by atoms with van der Waals surface area (Å²) >= 11 is 3.41. The van der Waals surface area contributed by atoms with Crippen LogP contribution >= 0.6 is 15.9 Å². The first-order chi connectivity index (χ1) is 17.2. The van der Waals surface area contributed by atoms with Crippen molar-refractivity contribution in [2.45, 2.75) is 40.7 Å². The van der Waals surface area contributed by atoms with E-state index in [9.17, 15) is 9.59 Å². The van der Waals surface area contributed by atoms with Crippen molar-refractivity contribution in [3.8, 4) is 11.4 Å². The van der Waals surface area contributed by atoms with Gasteiger partial charge in [-0.2, -0.15) is 9.78 Å². The highest BCUT2D eigenvalue weighted by atomic mass is 79.9. The fourth-order valence-electron chi connectivity index (χ4n) is 4.02. The van der Waals surface area contributed by atoms with E-state index in [1.54, 1.807) is 33.1 Å². The molecule has 0 aliphatic carbocycles. The van der Waals surface area contributed by atoms with E-state index in [1.165, 1.54) is 4.68 Å². The van der Waals surface area contributed by atoms with Gasteiger partial charge in [-0.15, -0.1) is 0 Å². The van der Waals surface area contributed by atoms with Gasteiger partial charge in [0.25, 0.3) is 5.56 Å². The van der Waals surface area contributed by atoms with E-state index in [-0.39, 0.29) is 5.56 Å². The summed E-state index contributed by atoms with van der Waals surface area (Å²) < 4.78 is 14.9. The molecule has 4 aromatic rings. The number of benzene rings is 2. The fraction of sp³-hybridized carbons (Fsp3) is 0.259. The van der Waals surface area contributed by atoms with Gasteiger partial charge >= 0.3 is 5.97 Å². The molecule has 0 saturated heterocycles. The molecule has 8 nitrogen and oxygen atoms in total. The van der Waals surface area contributed by atoms with Gasteiger partial charge in [0.1, 0.15) is 11.6 Å². The molecule has 9 heteroatoms. The number of ether oxygens (including phenoxy) is 2. The number of fused-ring (bicyclic) bond motifs is 1. The van der Waals surface area contributed by atoms with Gasteiger partial charge in [-0.25, -0.2) is 9.78 Å². The second-order valence-corrected chi connectivity index (χ2v) is 9.27. The monoisotopic (exact) mass is 550 g/mol. The predicted octanol–water partition coefficient (Wildman–Crippen LogP) is 5.09. The summed E-state index contributed by atoms with van der Waals surface area (Å²) in [5.41, 5.74) is 4.20. The van der Waals surface area contributed by atoms with Crippen LogP contribution in [0.3, 0.4) is 0 Å². The molecule has 0 unspecified atom stereocenters. The molecule has 186 valence electrons. The lowest BCUT2D eigenvalue weighted by Crippen LogP contribution is -2.26. The van der Waals surface area contributed by atoms with Crippen molar-refractivity contribution in [1.82, 2.24) is 14.2 Å². The number of rotatable bonds is 7. The average Bonchev–Trinajstić information content (AvgIpc) is 3.13. The molecule has 2 aromatic heterocycles. The number of aromatic nitrogens is 3. The van der Waals surface area contributed by atoms with Gasteiger partial charge in [-0.1, -0.05) is 15.9 Å². The maximum atomic E-state index is 13.0. The van der Waals surface area contributed by atoms with Crippen LogP contribution in [0, 0.1) is 20.8 Å². The summed E-state index contributed by atoms with van der Waals surface area (Å²) in [6, 6.07) is 14.9. The van der Waals surface area contributed by atoms with E-state index in [0.29, 0.717) is 29.1 Å². The molecule has 0 N–H and O–H groups in total. The third-order valence-corrected chi connectivity index (χ3v) is 6.27. The maximum Gasteiger partial charge on any atom is 0.347 e. The van der Waals surface area contributed by atoms with Gasteiger partial charge in [-0.05, 0) is 83.1 Å². The quantitative estimate of drug-likeness (QED) is 0.236. The smallest absolute Gasteiger partial charge is 0.347 e. The Morgan fingerprint density at radius 3 is 2.56 bits per heavy atom. The maximum absolute atomic E-state index is 13.0. The summed E-state index contributed by atoms with van der Waals surface area (Å²) in [7, 11) is 0. The lowest BCUT2D eigenvalue weighted by Gasteiger charge is -2.14. The van der Waals surface area contributed by atoms with Gasteiger partial charge in [-0.3, -0.25) is 4.79 Å². The van der Waals surface area contributed by atoms with Crippen molar-refractivity contribution < 1.29 is 14.3 Å². The van der Waals surface area contributed by atoms with Gasteiger partial charge in [0.2, 0.25) is 0 Å². The number of halogens is 1. The lowest BCUT2D eigenvalue weighted by atomic mass is 10.2. The molecule has 0 saturated carbocycles. The Labute approximate surface area is 217 Å². The van der Waals surface area contributed by atoms with Crippen LogP contribution in [-0.2, 0) is 9.53 Å². The highest BCUT2D eigenvalue weighted by Gasteiger charge is 2.16. The predicted molar refractivity (Wildman–Crippen MR) is 143 cm³/mol. The Kier molecular flexibility index (Phi) is 7.40. The number of esters is 1. The van der Waals surface area contributed by atoms with Crippen LogP contribution in [-0.4, -0.2) is 39.1 Å². The molecule has 0 fully saturated rings. The topological polar surface area (TPSA) is 87.7 Å². The molecule has 2 heterocycles. The minimum absolute atomic E-state index is 0.225. The van der Waals surface area contributed by atoms with Gasteiger partial charge in [0.05, 0.1) is 23.7 Å². The van der Waals surface area contributed by atoms with E-state index in [2.05, 4.69) is 30.6 Å². The Hall–Kier alpha value is -3.72. The van der Waals surface area contributed by atoms with Crippen LogP contribution < -0.4 is 10.3 Å². The van der Waals surface area contributed by atoms with Crippen LogP contribution in [0.15, 0.2) is 62.9 Å². The summed E-state index contributed by atoms with van der Waals surface area (Å²) in [5.74, 6) is 0.688. The van der Waals surface area contributed by atoms with Gasteiger partial charge in [0.15, 0.2) is 6.10 Å². The minimum atomic E-state index is -0.689. The van der Waals surface area contributed by atoms with Crippen molar-refractivity contribution in [3.05, 3.63) is 86.1 Å². The Morgan fingerprint density at radius 2 is 1.86 bits per heavy atom. The SMILES string of the molecule is CCOC(=O)[C@H](C)Oc1ccc(-n2c(C)cc(C=Nn3c(C)nc4ccc(Br)cc4c3=O)c2C)cc1. The summed E-state index contributed by atoms with van der Waals surface area (Å²) in [5, 5.41) is 4.96. The van der Waals surface area contributed by atoms with Crippen LogP contribution in [0.1, 0.15) is 36.6 Å². The first-order valence-electron chi connectivity index (χ1n) is 11.6. The molecule has 1 atom stereocenters. The van der Waals surface area contributed by atoms with Crippen molar-refractivity contribution in [1.29, 1.82) is 0 Å². The zero-order valence-corrected chi connectivity index (χ0v) is 22.4. The summed E-state index contributed by atoms with van der Waals surface area (Å²) in [6.07, 6.45) is 0.989. The van der Waals surface area contributed by atoms with E-state index in [1.807, 2.05) is 56.3 Å². The zero-order chi connectivity index (χ0) is 26.0. The van der Waals surface area contributed by atoms with Crippen molar-refractivity contribution in [2.75, 3.05) is 6.61 Å². The lowest BCUT2D eigenvalue weighted by molar-refractivity contribution is -0.150. The van der Waals surface area contributed by atoms with Crippen LogP contribution in [0.2, 0.25) is 0 Å². The standard InChI is InChI=1S/C27H27BrN4O4/c1-6-35-27(34)18(4)36-23-10-8-22(9-11-23)31-16(2)13-20(17(31)3)15-29-32-19(5)30-25-12-7-21(28)14-24(25)26(32)33/h7-15,18H,6H2,1-5H3/t18-/m0/s1. The summed E-state index contributed by atoms with van der Waals surface area (Å²) in [6.45, 7) is 9.49. The van der Waals surface area contributed by atoms with E-state index in [4.69, 9.17) is 9.47 Å². The number of hydrogen-bond donors (Lipinski definition) is 0. The molecule has 0 aliphatic rings. The summed E-state index contributed by atoms with van der Waals surface area (Å²) in [4.78, 5) is 29.4. The molecule has 2 aromatic carbocycles. The molecule has 0 amide bonds. The Bertz CT molecular complexity index is 1520. The minimum Gasteiger partial charge on any atom is -0.479 e. The first-order valence-corrected chi connectivity index (χ1v) is 12.3. The molecular weight excluding hydrogens is 524 g/mol. The molecule has 36 heavy (non-hydrogen) atoms. The highest BCUT2D eigenvalue weighted by molar-refractivity contribution is 9.10. The second-order valence-electron chi connectivity index (χ2n) is 8.35. The number of hydrogen-bond acceptors (Lipinski definition) is 6. The largest absolute Gasteiger partial charge is 0.479 e. The fourth-order valence-corrected chi connectivity index (χ4v) is 4.38. The van der Waals surface area contributed by atoms with E-state index in [0.717, 1.165) is 27.1 Å². The number of carbonyl (C=O) groups is 1. The molecule has 0 aliphatic heterocycles. The van der Waals surface area contributed by atoms with Crippen molar-refractivity contribution >= 4 is 39.0 Å². The molecular formula is C27H27BrN4O4. The van der Waals surface area contributed by atoms with Crippen LogP contribution in [0.25, 0.3) is 16.6 Å². The highest BCUT2D eigenvalue weighted by Crippen LogP contribution is 2.23. The molecule has 0 spiro atoms. The van der Waals surface area contributed by atoms with E-state index >= 15 is 0 Å². The molecule has 0 bridgehead atoms. The normalized spacial score (nSPS) is 12.3. The van der Waals surface area contributed by atoms with Gasteiger partial charge < -0.3 is 14.0 Å². The average molecular weight is 551 g/mol. The van der Waals surface area contributed by atoms with E-state index < -0.39 is 12.1 Å². The number of nitrogens with zero attached hydrogens (tertiary/aromatic N) is 4. The number of carbonyl (C=O) groups excluding carboxylic acids is 1. The Morgan fingerprint density at radius 1 is 1.14 bits per heavy atom. The third kappa shape index (κ3) is 5.11. The Balaban J connectivity index is 1.61. The number of aryl methyl sites for hydroxylation is 2. The second kappa shape index (κ2) is 10.5. The van der Waals surface area contributed by atoms with Crippen molar-refractivity contribution in [3.63, 3.8) is 0 Å². The molecule has 4 rings (SSSR count). The third-order valence-electron chi connectivity index (χ3n) is 5.78. The van der Waals surface area contributed by atoms with Gasteiger partial charge in [0, 0.05) is 27.1 Å². The molecule has 0 radical (unpaired) electrons. The van der Waals surface area contributed by atoms with Crippen LogP contribution in [0.4, 0.5) is 0 Å². The van der Waals surface area contributed by atoms with Crippen molar-refractivity contribution in [2.24, 2.45) is 5.10 Å². The zero-order valence-electron chi connectivity index (χ0n) is 20.8.